The summed E-state index contributed by atoms with van der Waals surface area (Å²) >= 11 is 5.43. The zero-order valence-corrected chi connectivity index (χ0v) is 15.4. The molecule has 0 aliphatic carbocycles. The van der Waals surface area contributed by atoms with Gasteiger partial charge in [-0.25, -0.2) is 0 Å². The molecule has 0 heterocycles. The molecule has 0 aliphatic rings. The van der Waals surface area contributed by atoms with Crippen LogP contribution in [0.3, 0.4) is 0 Å². The van der Waals surface area contributed by atoms with E-state index in [1.54, 1.807) is 7.11 Å². The molecule has 0 bridgehead atoms. The number of benzene rings is 2. The second-order valence-electron chi connectivity index (χ2n) is 5.53. The molecule has 0 saturated heterocycles. The molecule has 2 rings (SSSR count). The van der Waals surface area contributed by atoms with Gasteiger partial charge in [-0.2, -0.15) is 0 Å². The zero-order valence-electron chi connectivity index (χ0n) is 14.6. The van der Waals surface area contributed by atoms with Crippen molar-refractivity contribution in [2.24, 2.45) is 0 Å². The number of anilines is 1. The van der Waals surface area contributed by atoms with Gasteiger partial charge in [0.2, 0.25) is 0 Å². The molecule has 2 N–H and O–H groups in total. The fourth-order valence-corrected chi connectivity index (χ4v) is 2.66. The second kappa shape index (κ2) is 8.55. The molecule has 0 spiro atoms. The molecule has 24 heavy (non-hydrogen) atoms. The number of aryl methyl sites for hydroxylation is 1. The topological polar surface area (TPSA) is 42.5 Å². The summed E-state index contributed by atoms with van der Waals surface area (Å²) in [5.41, 5.74) is 3.13. The summed E-state index contributed by atoms with van der Waals surface area (Å²) in [4.78, 5) is 0. The lowest BCUT2D eigenvalue weighted by Crippen LogP contribution is -2.31. The Morgan fingerprint density at radius 2 is 1.88 bits per heavy atom. The van der Waals surface area contributed by atoms with Crippen molar-refractivity contribution in [3.05, 3.63) is 53.6 Å². The molecule has 0 saturated carbocycles. The molecule has 0 aromatic heterocycles. The molecule has 5 heteroatoms. The standard InChI is InChI=1S/C19H24N2O2S/c1-5-23-16-9-7-15(8-10-16)14(3)20-19(24)21-17-12-13(2)6-11-18(17)22-4/h6-12,14H,5H2,1-4H3,(H2,20,21,24). The molecule has 0 amide bonds. The maximum atomic E-state index is 5.46. The summed E-state index contributed by atoms with van der Waals surface area (Å²) in [6.07, 6.45) is 0. The average molecular weight is 344 g/mol. The third-order valence-corrected chi connectivity index (χ3v) is 3.86. The van der Waals surface area contributed by atoms with E-state index in [2.05, 4.69) is 17.6 Å². The molecule has 2 aromatic carbocycles. The first-order valence-electron chi connectivity index (χ1n) is 7.98. The van der Waals surface area contributed by atoms with Gasteiger partial charge in [0.25, 0.3) is 0 Å². The van der Waals surface area contributed by atoms with Gasteiger partial charge in [0.05, 0.1) is 25.4 Å². The van der Waals surface area contributed by atoms with Crippen molar-refractivity contribution in [1.82, 2.24) is 5.32 Å². The minimum absolute atomic E-state index is 0.0801. The average Bonchev–Trinajstić information content (AvgIpc) is 2.56. The van der Waals surface area contributed by atoms with Crippen LogP contribution in [0.15, 0.2) is 42.5 Å². The van der Waals surface area contributed by atoms with Crippen LogP contribution >= 0.6 is 12.2 Å². The third kappa shape index (κ3) is 4.86. The molecule has 1 atom stereocenters. The lowest BCUT2D eigenvalue weighted by molar-refractivity contribution is 0.340. The van der Waals surface area contributed by atoms with Gasteiger partial charge in [0.15, 0.2) is 5.11 Å². The van der Waals surface area contributed by atoms with Gasteiger partial charge in [-0.15, -0.1) is 0 Å². The minimum Gasteiger partial charge on any atom is -0.495 e. The summed E-state index contributed by atoms with van der Waals surface area (Å²) in [7, 11) is 1.65. The van der Waals surface area contributed by atoms with Gasteiger partial charge in [0.1, 0.15) is 11.5 Å². The molecule has 4 nitrogen and oxygen atoms in total. The molecule has 0 aliphatic heterocycles. The van der Waals surface area contributed by atoms with Crippen LogP contribution in [0.5, 0.6) is 11.5 Å². The SMILES string of the molecule is CCOc1ccc(C(C)NC(=S)Nc2cc(C)ccc2OC)cc1. The first-order valence-corrected chi connectivity index (χ1v) is 8.39. The van der Waals surface area contributed by atoms with Gasteiger partial charge >= 0.3 is 0 Å². The summed E-state index contributed by atoms with van der Waals surface area (Å²) in [6, 6.07) is 14.0. The summed E-state index contributed by atoms with van der Waals surface area (Å²) in [5.74, 6) is 1.64. The van der Waals surface area contributed by atoms with Crippen molar-refractivity contribution in [2.75, 3.05) is 19.0 Å². The smallest absolute Gasteiger partial charge is 0.171 e. The Balaban J connectivity index is 2.00. The molecule has 0 radical (unpaired) electrons. The Morgan fingerprint density at radius 1 is 1.17 bits per heavy atom. The van der Waals surface area contributed by atoms with E-state index in [-0.39, 0.29) is 6.04 Å². The lowest BCUT2D eigenvalue weighted by atomic mass is 10.1. The van der Waals surface area contributed by atoms with Gasteiger partial charge in [-0.1, -0.05) is 18.2 Å². The van der Waals surface area contributed by atoms with Crippen LogP contribution in [-0.4, -0.2) is 18.8 Å². The molecular weight excluding hydrogens is 320 g/mol. The highest BCUT2D eigenvalue weighted by Gasteiger charge is 2.10. The van der Waals surface area contributed by atoms with Crippen LogP contribution in [0, 0.1) is 6.92 Å². The van der Waals surface area contributed by atoms with Crippen LogP contribution in [-0.2, 0) is 0 Å². The Kier molecular flexibility index (Phi) is 6.44. The van der Waals surface area contributed by atoms with Gasteiger partial charge in [0, 0.05) is 0 Å². The summed E-state index contributed by atoms with van der Waals surface area (Å²) < 4.78 is 10.8. The van der Waals surface area contributed by atoms with E-state index in [0.29, 0.717) is 11.7 Å². The van der Waals surface area contributed by atoms with E-state index in [0.717, 1.165) is 28.3 Å². The predicted octanol–water partition coefficient (Wildman–Crippen LogP) is 4.45. The highest BCUT2D eigenvalue weighted by atomic mass is 32.1. The van der Waals surface area contributed by atoms with Crippen molar-refractivity contribution in [3.63, 3.8) is 0 Å². The molecule has 2 aromatic rings. The fourth-order valence-electron chi connectivity index (χ4n) is 2.38. The Labute approximate surface area is 149 Å². The Morgan fingerprint density at radius 3 is 2.50 bits per heavy atom. The zero-order chi connectivity index (χ0) is 17.5. The highest BCUT2D eigenvalue weighted by molar-refractivity contribution is 7.80. The number of methoxy groups -OCH3 is 1. The number of hydrogen-bond donors (Lipinski definition) is 2. The predicted molar refractivity (Wildman–Crippen MR) is 103 cm³/mol. The first kappa shape index (κ1) is 18.1. The van der Waals surface area contributed by atoms with Gasteiger partial charge in [-0.05, 0) is 68.4 Å². The van der Waals surface area contributed by atoms with Crippen LogP contribution in [0.4, 0.5) is 5.69 Å². The van der Waals surface area contributed by atoms with Gasteiger partial charge < -0.3 is 20.1 Å². The molecule has 1 unspecified atom stereocenters. The third-order valence-electron chi connectivity index (χ3n) is 3.64. The maximum Gasteiger partial charge on any atom is 0.171 e. The van der Waals surface area contributed by atoms with Crippen molar-refractivity contribution in [3.8, 4) is 11.5 Å². The van der Waals surface area contributed by atoms with E-state index in [9.17, 15) is 0 Å². The molecule has 0 fully saturated rings. The number of hydrogen-bond acceptors (Lipinski definition) is 3. The van der Waals surface area contributed by atoms with Crippen molar-refractivity contribution >= 4 is 23.0 Å². The Hall–Kier alpha value is -2.27. The normalized spacial score (nSPS) is 11.5. The van der Waals surface area contributed by atoms with E-state index < -0.39 is 0 Å². The Bertz CT molecular complexity index is 686. The van der Waals surface area contributed by atoms with E-state index in [4.69, 9.17) is 21.7 Å². The van der Waals surface area contributed by atoms with Crippen molar-refractivity contribution < 1.29 is 9.47 Å². The van der Waals surface area contributed by atoms with E-state index in [1.165, 1.54) is 0 Å². The largest absolute Gasteiger partial charge is 0.495 e. The highest BCUT2D eigenvalue weighted by Crippen LogP contribution is 2.25. The number of ether oxygens (including phenoxy) is 2. The maximum absolute atomic E-state index is 5.46. The van der Waals surface area contributed by atoms with Crippen LogP contribution in [0.2, 0.25) is 0 Å². The quantitative estimate of drug-likeness (QED) is 0.758. The molecular formula is C19H24N2O2S. The van der Waals surface area contributed by atoms with E-state index >= 15 is 0 Å². The van der Waals surface area contributed by atoms with Crippen molar-refractivity contribution in [2.45, 2.75) is 26.8 Å². The van der Waals surface area contributed by atoms with Crippen molar-refractivity contribution in [1.29, 1.82) is 0 Å². The van der Waals surface area contributed by atoms with E-state index in [1.807, 2.05) is 56.3 Å². The number of thiocarbonyl (C=S) groups is 1. The second-order valence-corrected chi connectivity index (χ2v) is 5.93. The fraction of sp³-hybridized carbons (Fsp3) is 0.316. The summed E-state index contributed by atoms with van der Waals surface area (Å²) in [5, 5.41) is 7.05. The van der Waals surface area contributed by atoms with Gasteiger partial charge in [-0.3, -0.25) is 0 Å². The minimum atomic E-state index is 0.0801. The van der Waals surface area contributed by atoms with Crippen LogP contribution in [0.1, 0.15) is 31.0 Å². The lowest BCUT2D eigenvalue weighted by Gasteiger charge is -2.19. The number of rotatable bonds is 6. The van der Waals surface area contributed by atoms with Crippen LogP contribution in [0.25, 0.3) is 0 Å². The first-order chi connectivity index (χ1) is 11.5. The monoisotopic (exact) mass is 344 g/mol. The number of nitrogens with one attached hydrogen (secondary N) is 2. The van der Waals surface area contributed by atoms with Crippen LogP contribution < -0.4 is 20.1 Å². The molecule has 128 valence electrons. The summed E-state index contributed by atoms with van der Waals surface area (Å²) in [6.45, 7) is 6.74.